The molecule has 0 fully saturated rings. The zero-order chi connectivity index (χ0) is 27.3. The molecule has 0 saturated heterocycles. The van der Waals surface area contributed by atoms with E-state index in [4.69, 9.17) is 16.6 Å². The predicted molar refractivity (Wildman–Crippen MR) is 125 cm³/mol. The highest BCUT2D eigenvalue weighted by Crippen LogP contribution is 2.06. The van der Waals surface area contributed by atoms with Crippen molar-refractivity contribution in [3.63, 3.8) is 0 Å². The van der Waals surface area contributed by atoms with Crippen molar-refractivity contribution in [1.29, 1.82) is 0 Å². The van der Waals surface area contributed by atoms with Crippen molar-refractivity contribution in [2.75, 3.05) is 6.54 Å². The van der Waals surface area contributed by atoms with Gasteiger partial charge in [0.25, 0.3) is 0 Å². The van der Waals surface area contributed by atoms with Crippen LogP contribution in [0.25, 0.3) is 0 Å². The number of aliphatic carboxylic acids is 2. The van der Waals surface area contributed by atoms with Gasteiger partial charge in [0.15, 0.2) is 0 Å². The highest BCUT2D eigenvalue weighted by molar-refractivity contribution is 5.94. The maximum atomic E-state index is 13.0. The summed E-state index contributed by atoms with van der Waals surface area (Å²) in [5.41, 5.74) is 11.5. The fourth-order valence-corrected chi connectivity index (χ4v) is 3.19. The molecule has 0 aliphatic carbocycles. The number of nitrogens with one attached hydrogen (secondary N) is 4. The van der Waals surface area contributed by atoms with Crippen molar-refractivity contribution in [1.82, 2.24) is 25.9 Å². The Balaban J connectivity index is 2.98. The average Bonchev–Trinajstić information content (AvgIpc) is 3.32. The van der Waals surface area contributed by atoms with E-state index in [1.54, 1.807) is 0 Å². The lowest BCUT2D eigenvalue weighted by molar-refractivity contribution is -0.142. The van der Waals surface area contributed by atoms with Crippen LogP contribution >= 0.6 is 0 Å². The number of aliphatic hydroxyl groups excluding tert-OH is 1. The van der Waals surface area contributed by atoms with Crippen LogP contribution in [0, 0.1) is 0 Å². The smallest absolute Gasteiger partial charge is 0.326 e. The molecule has 0 aromatic carbocycles. The number of nitrogens with two attached hydrogens (primary N) is 2. The Labute approximate surface area is 207 Å². The Bertz CT molecular complexity index is 878. The fourth-order valence-electron chi connectivity index (χ4n) is 3.19. The topological polar surface area (TPSA) is 263 Å². The number of nitrogens with zero attached hydrogens (tertiary/aromatic N) is 1. The number of H-pyrrole nitrogens is 1. The normalized spacial score (nSPS) is 15.1. The van der Waals surface area contributed by atoms with Crippen molar-refractivity contribution >= 4 is 29.7 Å². The number of unbranched alkanes of at least 4 members (excludes halogenated alkanes) is 1. The zero-order valence-electron chi connectivity index (χ0n) is 20.0. The summed E-state index contributed by atoms with van der Waals surface area (Å²) in [6.45, 7) is 1.60. The summed E-state index contributed by atoms with van der Waals surface area (Å²) in [5.74, 6) is -5.00. The van der Waals surface area contributed by atoms with Gasteiger partial charge in [-0.15, -0.1) is 0 Å². The molecule has 15 heteroatoms. The number of aliphatic hydroxyl groups is 1. The molecule has 0 radical (unpaired) electrons. The van der Waals surface area contributed by atoms with Crippen LogP contribution in [0.4, 0.5) is 0 Å². The number of carboxylic acid groups (broad SMARTS) is 2. The third-order valence-corrected chi connectivity index (χ3v) is 5.24. The molecule has 0 aliphatic heterocycles. The van der Waals surface area contributed by atoms with Crippen molar-refractivity contribution in [2.24, 2.45) is 11.5 Å². The van der Waals surface area contributed by atoms with Crippen LogP contribution in [0.1, 0.15) is 44.7 Å². The van der Waals surface area contributed by atoms with Crippen molar-refractivity contribution < 1.29 is 39.3 Å². The molecule has 5 atom stereocenters. The molecule has 0 saturated carbocycles. The highest BCUT2D eigenvalue weighted by atomic mass is 16.4. The number of rotatable bonds is 17. The first-order valence-corrected chi connectivity index (χ1v) is 11.4. The number of carboxylic acids is 2. The molecule has 1 aromatic rings. The van der Waals surface area contributed by atoms with E-state index >= 15 is 0 Å². The molecule has 1 rings (SSSR count). The van der Waals surface area contributed by atoms with Gasteiger partial charge in [0, 0.05) is 24.7 Å². The number of hydrogen-bond acceptors (Lipinski definition) is 9. The second-order valence-corrected chi connectivity index (χ2v) is 8.29. The van der Waals surface area contributed by atoms with E-state index in [9.17, 15) is 34.2 Å². The molecule has 5 unspecified atom stereocenters. The monoisotopic (exact) mass is 513 g/mol. The molecule has 36 heavy (non-hydrogen) atoms. The van der Waals surface area contributed by atoms with Gasteiger partial charge in [0.2, 0.25) is 17.7 Å². The molecule has 1 heterocycles. The van der Waals surface area contributed by atoms with Crippen LogP contribution in [0.2, 0.25) is 0 Å². The Morgan fingerprint density at radius 2 is 1.67 bits per heavy atom. The van der Waals surface area contributed by atoms with Crippen molar-refractivity contribution in [3.8, 4) is 0 Å². The van der Waals surface area contributed by atoms with Crippen LogP contribution in [-0.4, -0.2) is 91.8 Å². The average molecular weight is 514 g/mol. The molecule has 0 spiro atoms. The third kappa shape index (κ3) is 10.8. The van der Waals surface area contributed by atoms with E-state index in [0.29, 0.717) is 25.1 Å². The summed E-state index contributed by atoms with van der Waals surface area (Å²) in [6.07, 6.45) is 1.87. The minimum absolute atomic E-state index is 0.0920. The van der Waals surface area contributed by atoms with Crippen molar-refractivity contribution in [3.05, 3.63) is 18.2 Å². The Kier molecular flexibility index (Phi) is 13.1. The van der Waals surface area contributed by atoms with Crippen LogP contribution in [-0.2, 0) is 30.4 Å². The van der Waals surface area contributed by atoms with E-state index in [0.717, 1.165) is 0 Å². The van der Waals surface area contributed by atoms with E-state index in [1.165, 1.54) is 19.4 Å². The summed E-state index contributed by atoms with van der Waals surface area (Å²) in [6, 6.07) is -5.27. The number of aromatic amines is 1. The summed E-state index contributed by atoms with van der Waals surface area (Å²) in [7, 11) is 0. The lowest BCUT2D eigenvalue weighted by Gasteiger charge is -2.26. The first kappa shape index (κ1) is 30.5. The molecule has 0 aliphatic rings. The van der Waals surface area contributed by atoms with Crippen LogP contribution < -0.4 is 27.4 Å². The maximum Gasteiger partial charge on any atom is 0.326 e. The number of carbonyl (C=O) groups excluding carboxylic acids is 3. The molecular formula is C21H35N7O8. The van der Waals surface area contributed by atoms with Gasteiger partial charge in [0.1, 0.15) is 18.1 Å². The van der Waals surface area contributed by atoms with Crippen molar-refractivity contribution in [2.45, 2.75) is 75.7 Å². The van der Waals surface area contributed by atoms with Gasteiger partial charge < -0.3 is 47.7 Å². The minimum atomic E-state index is -1.52. The molecule has 11 N–H and O–H groups in total. The van der Waals surface area contributed by atoms with Gasteiger partial charge >= 0.3 is 11.9 Å². The predicted octanol–water partition coefficient (Wildman–Crippen LogP) is -2.81. The van der Waals surface area contributed by atoms with Gasteiger partial charge in [-0.3, -0.25) is 19.2 Å². The number of carbonyl (C=O) groups is 5. The number of imidazole rings is 1. The first-order valence-electron chi connectivity index (χ1n) is 11.4. The summed E-state index contributed by atoms with van der Waals surface area (Å²) in [5, 5.41) is 35.3. The van der Waals surface area contributed by atoms with Crippen LogP contribution in [0.15, 0.2) is 12.5 Å². The molecule has 3 amide bonds. The van der Waals surface area contributed by atoms with E-state index in [2.05, 4.69) is 25.9 Å². The molecular weight excluding hydrogens is 478 g/mol. The van der Waals surface area contributed by atoms with Gasteiger partial charge in [-0.1, -0.05) is 0 Å². The maximum absolute atomic E-state index is 13.0. The first-order chi connectivity index (χ1) is 17.0. The number of hydrogen-bond donors (Lipinski definition) is 9. The lowest BCUT2D eigenvalue weighted by atomic mass is 10.1. The van der Waals surface area contributed by atoms with E-state index in [1.807, 2.05) is 0 Å². The highest BCUT2D eigenvalue weighted by Gasteiger charge is 2.32. The Hall–Kier alpha value is -3.56. The minimum Gasteiger partial charge on any atom is -0.481 e. The largest absolute Gasteiger partial charge is 0.481 e. The quantitative estimate of drug-likeness (QED) is 0.0960. The van der Waals surface area contributed by atoms with E-state index < -0.39 is 59.9 Å². The summed E-state index contributed by atoms with van der Waals surface area (Å²) < 4.78 is 0. The summed E-state index contributed by atoms with van der Waals surface area (Å²) >= 11 is 0. The second kappa shape index (κ2) is 15.4. The number of aromatic nitrogens is 2. The third-order valence-electron chi connectivity index (χ3n) is 5.24. The Morgan fingerprint density at radius 3 is 2.19 bits per heavy atom. The van der Waals surface area contributed by atoms with Gasteiger partial charge in [-0.25, -0.2) is 9.78 Å². The molecule has 202 valence electrons. The number of amides is 3. The standard InChI is InChI=1S/C21H35N7O8/c1-11(29)17(28-18(32)13(23)5-6-16(30)31)20(34)27-15(8-12-9-24-10-25-12)19(33)26-14(21(35)36)4-2-3-7-22/h9-11,13-15,17,29H,2-8,22-23H2,1H3,(H,24,25)(H,26,33)(H,27,34)(H,28,32)(H,30,31)(H,35,36). The molecule has 1 aromatic heterocycles. The lowest BCUT2D eigenvalue weighted by Crippen LogP contribution is -2.60. The zero-order valence-corrected chi connectivity index (χ0v) is 20.0. The summed E-state index contributed by atoms with van der Waals surface area (Å²) in [4.78, 5) is 67.1. The van der Waals surface area contributed by atoms with Gasteiger partial charge in [-0.2, -0.15) is 0 Å². The Morgan fingerprint density at radius 1 is 1.00 bits per heavy atom. The van der Waals surface area contributed by atoms with Gasteiger partial charge in [0.05, 0.1) is 18.5 Å². The van der Waals surface area contributed by atoms with Crippen LogP contribution in [0.5, 0.6) is 0 Å². The van der Waals surface area contributed by atoms with Crippen LogP contribution in [0.3, 0.4) is 0 Å². The second-order valence-electron chi connectivity index (χ2n) is 8.29. The fraction of sp³-hybridized carbons (Fsp3) is 0.619. The van der Waals surface area contributed by atoms with Gasteiger partial charge in [-0.05, 0) is 39.2 Å². The molecule has 15 nitrogen and oxygen atoms in total. The molecule has 0 bridgehead atoms. The SMILES string of the molecule is CC(O)C(NC(=O)C(N)CCC(=O)O)C(=O)NC(Cc1cnc[nH]1)C(=O)NC(CCCCN)C(=O)O. The van der Waals surface area contributed by atoms with E-state index in [-0.39, 0.29) is 25.7 Å².